The summed E-state index contributed by atoms with van der Waals surface area (Å²) in [5.74, 6) is 2.12. The molecule has 4 aromatic carbocycles. The smallest absolute Gasteiger partial charge is 0.119 e. The fourth-order valence-corrected chi connectivity index (χ4v) is 4.64. The number of nitrogens with zero attached hydrogens (tertiary/aromatic N) is 2. The number of fused-ring (bicyclic) bond motifs is 2. The summed E-state index contributed by atoms with van der Waals surface area (Å²) in [6, 6.07) is 29.7. The molecule has 0 bridgehead atoms. The van der Waals surface area contributed by atoms with Gasteiger partial charge in [-0.05, 0) is 58.3 Å². The van der Waals surface area contributed by atoms with Gasteiger partial charge >= 0.3 is 0 Å². The van der Waals surface area contributed by atoms with Gasteiger partial charge in [0.2, 0.25) is 0 Å². The van der Waals surface area contributed by atoms with E-state index in [1.54, 1.807) is 7.11 Å². The van der Waals surface area contributed by atoms with Crippen molar-refractivity contribution in [3.63, 3.8) is 0 Å². The van der Waals surface area contributed by atoms with Crippen LogP contribution >= 0.6 is 15.9 Å². The van der Waals surface area contributed by atoms with Crippen molar-refractivity contribution in [2.75, 3.05) is 7.11 Å². The van der Waals surface area contributed by atoms with Gasteiger partial charge in [0.1, 0.15) is 11.6 Å². The van der Waals surface area contributed by atoms with Crippen LogP contribution in [0.4, 0.5) is 0 Å². The Hall–Kier alpha value is -3.11. The Morgan fingerprint density at radius 2 is 1.71 bits per heavy atom. The van der Waals surface area contributed by atoms with Crippen LogP contribution < -0.4 is 4.74 Å². The van der Waals surface area contributed by atoms with Crippen LogP contribution in [0.1, 0.15) is 29.8 Å². The van der Waals surface area contributed by atoms with Gasteiger partial charge in [0.05, 0.1) is 18.1 Å². The summed E-state index contributed by atoms with van der Waals surface area (Å²) >= 11 is 3.60. The molecule has 1 atom stereocenters. The number of rotatable bonds is 5. The van der Waals surface area contributed by atoms with E-state index < -0.39 is 0 Å². The second kappa shape index (κ2) is 8.20. The molecule has 0 aliphatic carbocycles. The van der Waals surface area contributed by atoms with E-state index in [2.05, 4.69) is 106 Å². The van der Waals surface area contributed by atoms with Gasteiger partial charge < -0.3 is 9.30 Å². The minimum Gasteiger partial charge on any atom is -0.497 e. The predicted octanol–water partition coefficient (Wildman–Crippen LogP) is 7.16. The van der Waals surface area contributed by atoms with Crippen LogP contribution in [0.2, 0.25) is 0 Å². The highest BCUT2D eigenvalue weighted by Crippen LogP contribution is 2.31. The average molecular weight is 471 g/mol. The van der Waals surface area contributed by atoms with Gasteiger partial charge in [-0.2, -0.15) is 0 Å². The van der Waals surface area contributed by atoms with Crippen molar-refractivity contribution in [1.82, 2.24) is 9.55 Å². The molecule has 154 valence electrons. The van der Waals surface area contributed by atoms with E-state index in [0.717, 1.165) is 33.6 Å². The van der Waals surface area contributed by atoms with Crippen LogP contribution in [0.5, 0.6) is 5.75 Å². The Balaban J connectivity index is 1.59. The van der Waals surface area contributed by atoms with E-state index in [1.807, 2.05) is 6.07 Å². The highest BCUT2D eigenvalue weighted by Gasteiger charge is 2.19. The lowest BCUT2D eigenvalue weighted by Gasteiger charge is -2.16. The van der Waals surface area contributed by atoms with Crippen molar-refractivity contribution in [3.05, 3.63) is 106 Å². The van der Waals surface area contributed by atoms with E-state index in [-0.39, 0.29) is 5.92 Å². The first-order valence-corrected chi connectivity index (χ1v) is 11.2. The molecule has 1 unspecified atom stereocenters. The number of aromatic nitrogens is 2. The SMILES string of the molecule is COc1ccc2cc(C(C)c3nc4ccccc4n3Cc3cccc(Br)c3)ccc2c1. The number of halogens is 1. The predicted molar refractivity (Wildman–Crippen MR) is 131 cm³/mol. The Morgan fingerprint density at radius 3 is 2.55 bits per heavy atom. The van der Waals surface area contributed by atoms with Gasteiger partial charge in [0.25, 0.3) is 0 Å². The van der Waals surface area contributed by atoms with Crippen molar-refractivity contribution in [2.45, 2.75) is 19.4 Å². The molecule has 5 rings (SSSR count). The molecule has 0 fully saturated rings. The molecule has 1 heterocycles. The maximum Gasteiger partial charge on any atom is 0.119 e. The topological polar surface area (TPSA) is 27.1 Å². The summed E-state index contributed by atoms with van der Waals surface area (Å²) in [7, 11) is 1.70. The maximum atomic E-state index is 5.37. The second-order valence-electron chi connectivity index (χ2n) is 7.87. The lowest BCUT2D eigenvalue weighted by atomic mass is 9.97. The van der Waals surface area contributed by atoms with Crippen LogP contribution in [0.25, 0.3) is 21.8 Å². The zero-order chi connectivity index (χ0) is 21.4. The molecular weight excluding hydrogens is 448 g/mol. The van der Waals surface area contributed by atoms with Crippen LogP contribution in [0, 0.1) is 0 Å². The van der Waals surface area contributed by atoms with Gasteiger partial charge in [0.15, 0.2) is 0 Å². The number of ether oxygens (including phenoxy) is 1. The van der Waals surface area contributed by atoms with E-state index in [1.165, 1.54) is 21.9 Å². The van der Waals surface area contributed by atoms with Crippen LogP contribution in [0.3, 0.4) is 0 Å². The fourth-order valence-electron chi connectivity index (χ4n) is 4.20. The van der Waals surface area contributed by atoms with Gasteiger partial charge in [-0.25, -0.2) is 4.98 Å². The Bertz CT molecular complexity index is 1390. The fraction of sp³-hybridized carbons (Fsp3) is 0.148. The third-order valence-corrected chi connectivity index (χ3v) is 6.37. The van der Waals surface area contributed by atoms with E-state index in [0.29, 0.717) is 0 Å². The highest BCUT2D eigenvalue weighted by atomic mass is 79.9. The molecule has 0 amide bonds. The summed E-state index contributed by atoms with van der Waals surface area (Å²) < 4.78 is 8.81. The Labute approximate surface area is 190 Å². The quantitative estimate of drug-likeness (QED) is 0.272. The number of para-hydroxylation sites is 2. The summed E-state index contributed by atoms with van der Waals surface area (Å²) in [4.78, 5) is 5.05. The summed E-state index contributed by atoms with van der Waals surface area (Å²) in [5.41, 5.74) is 4.69. The molecule has 0 N–H and O–H groups in total. The summed E-state index contributed by atoms with van der Waals surface area (Å²) in [6.45, 7) is 3.02. The summed E-state index contributed by atoms with van der Waals surface area (Å²) in [5, 5.41) is 2.39. The number of benzene rings is 4. The molecule has 1 aromatic heterocycles. The standard InChI is InChI=1S/C27H23BrN2O/c1-18(20-10-11-22-16-24(31-2)13-12-21(22)15-20)27-29-25-8-3-4-9-26(25)30(27)17-19-6-5-7-23(28)14-19/h3-16,18H,17H2,1-2H3. The van der Waals surface area contributed by atoms with E-state index >= 15 is 0 Å². The molecule has 3 nitrogen and oxygen atoms in total. The van der Waals surface area contributed by atoms with Crippen molar-refractivity contribution in [3.8, 4) is 5.75 Å². The third kappa shape index (κ3) is 3.84. The molecule has 0 saturated carbocycles. The number of hydrogen-bond acceptors (Lipinski definition) is 2. The van der Waals surface area contributed by atoms with Gasteiger partial charge in [-0.15, -0.1) is 0 Å². The van der Waals surface area contributed by atoms with Gasteiger partial charge in [0, 0.05) is 16.9 Å². The first-order chi connectivity index (χ1) is 15.1. The highest BCUT2D eigenvalue weighted by molar-refractivity contribution is 9.10. The van der Waals surface area contributed by atoms with Crippen LogP contribution in [-0.2, 0) is 6.54 Å². The molecule has 0 radical (unpaired) electrons. The van der Waals surface area contributed by atoms with Crippen molar-refractivity contribution >= 4 is 37.7 Å². The zero-order valence-electron chi connectivity index (χ0n) is 17.5. The van der Waals surface area contributed by atoms with E-state index in [4.69, 9.17) is 9.72 Å². The first-order valence-electron chi connectivity index (χ1n) is 10.4. The lowest BCUT2D eigenvalue weighted by molar-refractivity contribution is 0.415. The van der Waals surface area contributed by atoms with Crippen LogP contribution in [0.15, 0.2) is 89.4 Å². The molecule has 0 aliphatic heterocycles. The molecule has 0 spiro atoms. The average Bonchev–Trinajstić information content (AvgIpc) is 3.16. The molecule has 0 saturated heterocycles. The molecular formula is C27H23BrN2O. The number of imidazole rings is 1. The molecule has 31 heavy (non-hydrogen) atoms. The largest absolute Gasteiger partial charge is 0.497 e. The van der Waals surface area contributed by atoms with E-state index in [9.17, 15) is 0 Å². The monoisotopic (exact) mass is 470 g/mol. The molecule has 5 aromatic rings. The van der Waals surface area contributed by atoms with Crippen molar-refractivity contribution < 1.29 is 4.74 Å². The second-order valence-corrected chi connectivity index (χ2v) is 8.78. The van der Waals surface area contributed by atoms with Crippen LogP contribution in [-0.4, -0.2) is 16.7 Å². The van der Waals surface area contributed by atoms with Gasteiger partial charge in [-0.3, -0.25) is 0 Å². The van der Waals surface area contributed by atoms with Crippen molar-refractivity contribution in [2.24, 2.45) is 0 Å². The lowest BCUT2D eigenvalue weighted by Crippen LogP contribution is -2.09. The zero-order valence-corrected chi connectivity index (χ0v) is 19.1. The number of hydrogen-bond donors (Lipinski definition) is 0. The summed E-state index contributed by atoms with van der Waals surface area (Å²) in [6.07, 6.45) is 0. The first kappa shape index (κ1) is 19.8. The molecule has 0 aliphatic rings. The van der Waals surface area contributed by atoms with Crippen molar-refractivity contribution in [1.29, 1.82) is 0 Å². The number of methoxy groups -OCH3 is 1. The Kier molecular flexibility index (Phi) is 5.24. The van der Waals surface area contributed by atoms with Gasteiger partial charge in [-0.1, -0.05) is 71.4 Å². The minimum atomic E-state index is 0.158. The third-order valence-electron chi connectivity index (χ3n) is 5.87. The maximum absolute atomic E-state index is 5.37. The Morgan fingerprint density at radius 1 is 0.903 bits per heavy atom. The normalized spacial score (nSPS) is 12.4. The minimum absolute atomic E-state index is 0.158. The molecule has 4 heteroatoms.